The monoisotopic (exact) mass is 762 g/mol. The van der Waals surface area contributed by atoms with Gasteiger partial charge in [0.1, 0.15) is 34.9 Å². The van der Waals surface area contributed by atoms with Gasteiger partial charge in [-0.2, -0.15) is 9.97 Å². The molecule has 3 unspecified atom stereocenters. The number of β-amino-alcohol motifs (C(OH)–C–C–N with tert-alkyl or cyclic N) is 1. The molecule has 1 aromatic heterocycles. The molecule has 3 atom stereocenters. The Kier molecular flexibility index (Phi) is 12.3. The summed E-state index contributed by atoms with van der Waals surface area (Å²) >= 11 is 0. The highest BCUT2D eigenvalue weighted by atomic mass is 19.1. The van der Waals surface area contributed by atoms with Gasteiger partial charge in [-0.3, -0.25) is 4.99 Å². The van der Waals surface area contributed by atoms with Crippen LogP contribution >= 0.6 is 0 Å². The molecule has 3 aromatic rings. The molecule has 55 heavy (non-hydrogen) atoms. The second kappa shape index (κ2) is 16.6. The highest BCUT2D eigenvalue weighted by Gasteiger charge is 2.40. The lowest BCUT2D eigenvalue weighted by Gasteiger charge is -2.34. The van der Waals surface area contributed by atoms with Gasteiger partial charge in [0, 0.05) is 29.1 Å². The van der Waals surface area contributed by atoms with E-state index in [-0.39, 0.29) is 60.6 Å². The normalized spacial score (nSPS) is 22.4. The van der Waals surface area contributed by atoms with Gasteiger partial charge in [-0.15, -0.1) is 0 Å². The summed E-state index contributed by atoms with van der Waals surface area (Å²) in [6.45, 7) is 14.3. The minimum Gasteiger partial charge on any atom is -0.508 e. The van der Waals surface area contributed by atoms with E-state index >= 15 is 8.78 Å². The van der Waals surface area contributed by atoms with E-state index in [0.717, 1.165) is 38.5 Å². The molecule has 0 spiro atoms. The zero-order chi connectivity index (χ0) is 39.7. The second-order valence-electron chi connectivity index (χ2n) is 16.6. The van der Waals surface area contributed by atoms with E-state index in [1.165, 1.54) is 12.1 Å². The van der Waals surface area contributed by atoms with E-state index in [2.05, 4.69) is 6.92 Å². The standard InChI is InChI=1S/C44H57F3N4O4/c1-8-11-12-17-43(6,22-29(45)9-2)24-55-42-49-40-37(41(50-42)51-18-19-54-25-44(7,53)23-51)31(10-3)39(48-26(4)5)36(38(40)47)32-21-30(52)20-28-15-16-33(46)35(34(28)32)27-13-14-27/h10,15-16,20-21,26-27,29,52-53H,8-9,11-14,17-19,22-25H2,1-7H3/b31-10-,48-39?. The molecule has 2 N–H and O–H groups in total. The average Bonchev–Trinajstić information content (AvgIpc) is 3.99. The number of phenolic OH excluding ortho intramolecular Hbond substituents is 1. The van der Waals surface area contributed by atoms with Crippen LogP contribution in [0.2, 0.25) is 0 Å². The average molecular weight is 763 g/mol. The van der Waals surface area contributed by atoms with Crippen LogP contribution in [0.25, 0.3) is 27.7 Å². The lowest BCUT2D eigenvalue weighted by molar-refractivity contribution is -0.0123. The maximum atomic E-state index is 18.0. The van der Waals surface area contributed by atoms with Gasteiger partial charge in [-0.1, -0.05) is 52.2 Å². The number of aromatic nitrogens is 2. The van der Waals surface area contributed by atoms with Crippen LogP contribution in [0.3, 0.4) is 0 Å². The van der Waals surface area contributed by atoms with Crippen molar-refractivity contribution < 1.29 is 32.9 Å². The molecule has 6 rings (SSSR count). The van der Waals surface area contributed by atoms with Crippen LogP contribution in [-0.2, 0) is 4.74 Å². The maximum absolute atomic E-state index is 18.0. The number of fused-ring (bicyclic) bond motifs is 2. The number of ether oxygens (including phenoxy) is 2. The molecule has 0 bridgehead atoms. The highest BCUT2D eigenvalue weighted by molar-refractivity contribution is 6.51. The molecule has 1 saturated carbocycles. The molecule has 0 radical (unpaired) electrons. The van der Waals surface area contributed by atoms with E-state index in [0.29, 0.717) is 70.6 Å². The fourth-order valence-corrected chi connectivity index (χ4v) is 8.08. The number of halogens is 3. The number of rotatable bonds is 14. The van der Waals surface area contributed by atoms with Crippen LogP contribution < -0.4 is 9.64 Å². The van der Waals surface area contributed by atoms with Crippen molar-refractivity contribution in [2.75, 3.05) is 37.8 Å². The third-order valence-electron chi connectivity index (χ3n) is 10.9. The number of nitrogens with zero attached hydrogens (tertiary/aromatic N) is 4. The summed E-state index contributed by atoms with van der Waals surface area (Å²) in [7, 11) is 0. The summed E-state index contributed by atoms with van der Waals surface area (Å²) in [5.74, 6) is -0.852. The quantitative estimate of drug-likeness (QED) is 0.158. The van der Waals surface area contributed by atoms with Gasteiger partial charge >= 0.3 is 6.01 Å². The fraction of sp³-hybridized carbons (Fsp3) is 0.568. The SMILES string of the molecule is C/C=C1\C(=NC(C)C)C(c2cc(O)cc3ccc(F)c(C4CC4)c23)=C(F)c2nc(OCC(C)(CCCCC)CC(F)CC)nc(N3CCOCC(C)(O)C3)c21. The molecule has 3 aliphatic rings. The van der Waals surface area contributed by atoms with Crippen molar-refractivity contribution in [2.45, 2.75) is 124 Å². The van der Waals surface area contributed by atoms with E-state index < -0.39 is 23.0 Å². The maximum Gasteiger partial charge on any atom is 0.319 e. The first kappa shape index (κ1) is 40.7. The van der Waals surface area contributed by atoms with Crippen LogP contribution in [0.4, 0.5) is 19.0 Å². The lowest BCUT2D eigenvalue weighted by atomic mass is 9.80. The predicted octanol–water partition coefficient (Wildman–Crippen LogP) is 10.1. The van der Waals surface area contributed by atoms with Gasteiger partial charge in [0.15, 0.2) is 5.83 Å². The number of anilines is 1. The molecule has 2 aliphatic carbocycles. The van der Waals surface area contributed by atoms with Gasteiger partial charge in [0.2, 0.25) is 0 Å². The molecule has 298 valence electrons. The number of hydrogen-bond acceptors (Lipinski definition) is 8. The molecular weight excluding hydrogens is 706 g/mol. The van der Waals surface area contributed by atoms with E-state index in [1.54, 1.807) is 19.1 Å². The first-order valence-corrected chi connectivity index (χ1v) is 20.0. The van der Waals surface area contributed by atoms with E-state index in [9.17, 15) is 14.6 Å². The Morgan fingerprint density at radius 3 is 2.60 bits per heavy atom. The van der Waals surface area contributed by atoms with E-state index in [1.807, 2.05) is 45.6 Å². The van der Waals surface area contributed by atoms with Crippen LogP contribution in [0.1, 0.15) is 128 Å². The number of alkyl halides is 1. The molecule has 2 heterocycles. The number of aliphatic imine (C=N–C) groups is 1. The molecular formula is C44H57F3N4O4. The van der Waals surface area contributed by atoms with Crippen molar-refractivity contribution in [3.63, 3.8) is 0 Å². The Labute approximate surface area is 323 Å². The lowest BCUT2D eigenvalue weighted by Crippen LogP contribution is -2.42. The van der Waals surface area contributed by atoms with Crippen LogP contribution in [0.5, 0.6) is 11.8 Å². The van der Waals surface area contributed by atoms with Crippen LogP contribution in [-0.4, -0.2) is 76.6 Å². The minimum atomic E-state index is -1.24. The molecule has 1 saturated heterocycles. The van der Waals surface area contributed by atoms with Gasteiger partial charge in [0.25, 0.3) is 0 Å². The summed E-state index contributed by atoms with van der Waals surface area (Å²) < 4.78 is 60.9. The fourth-order valence-electron chi connectivity index (χ4n) is 8.08. The zero-order valence-electron chi connectivity index (χ0n) is 33.4. The number of benzene rings is 2. The Morgan fingerprint density at radius 2 is 1.93 bits per heavy atom. The van der Waals surface area contributed by atoms with Gasteiger partial charge in [0.05, 0.1) is 37.6 Å². The summed E-state index contributed by atoms with van der Waals surface area (Å²) in [6, 6.07) is 5.74. The Morgan fingerprint density at radius 1 is 1.16 bits per heavy atom. The Balaban J connectivity index is 1.61. The smallest absolute Gasteiger partial charge is 0.319 e. The molecule has 1 aliphatic heterocycles. The largest absolute Gasteiger partial charge is 0.508 e. The van der Waals surface area contributed by atoms with Gasteiger partial charge in [-0.25, -0.2) is 13.2 Å². The van der Waals surface area contributed by atoms with Crippen molar-refractivity contribution in [1.29, 1.82) is 0 Å². The number of allylic oxidation sites excluding steroid dienone is 3. The number of aliphatic hydroxyl groups is 1. The molecule has 8 nitrogen and oxygen atoms in total. The van der Waals surface area contributed by atoms with Crippen molar-refractivity contribution in [3.05, 3.63) is 58.5 Å². The van der Waals surface area contributed by atoms with Crippen molar-refractivity contribution in [2.24, 2.45) is 10.4 Å². The minimum absolute atomic E-state index is 0.0200. The number of hydrogen-bond donors (Lipinski definition) is 2. The Bertz CT molecular complexity index is 1990. The summed E-state index contributed by atoms with van der Waals surface area (Å²) in [4.78, 5) is 16.6. The third kappa shape index (κ3) is 8.88. The van der Waals surface area contributed by atoms with Crippen LogP contribution in [0.15, 0.2) is 35.3 Å². The first-order chi connectivity index (χ1) is 26.2. The second-order valence-corrected chi connectivity index (χ2v) is 16.6. The predicted molar refractivity (Wildman–Crippen MR) is 215 cm³/mol. The number of aromatic hydroxyl groups is 1. The van der Waals surface area contributed by atoms with E-state index in [4.69, 9.17) is 24.4 Å². The first-order valence-electron chi connectivity index (χ1n) is 20.0. The van der Waals surface area contributed by atoms with Crippen LogP contribution in [0, 0.1) is 11.2 Å². The number of phenols is 1. The van der Waals surface area contributed by atoms with Gasteiger partial charge in [-0.05, 0) is 106 Å². The third-order valence-corrected chi connectivity index (χ3v) is 10.9. The van der Waals surface area contributed by atoms with Crippen molar-refractivity contribution >= 4 is 39.3 Å². The number of unbranched alkanes of at least 4 members (excludes halogenated alkanes) is 2. The topological polar surface area (TPSA) is 100 Å². The van der Waals surface area contributed by atoms with Crippen molar-refractivity contribution in [1.82, 2.24) is 9.97 Å². The summed E-state index contributed by atoms with van der Waals surface area (Å²) in [5.41, 5.74) is 0.373. The molecule has 2 fully saturated rings. The zero-order valence-corrected chi connectivity index (χ0v) is 33.4. The van der Waals surface area contributed by atoms with Gasteiger partial charge < -0.3 is 24.6 Å². The summed E-state index contributed by atoms with van der Waals surface area (Å²) in [6.07, 6.45) is 6.85. The molecule has 11 heteroatoms. The molecule has 0 amide bonds. The summed E-state index contributed by atoms with van der Waals surface area (Å²) in [5, 5.41) is 23.5. The highest BCUT2D eigenvalue weighted by Crippen LogP contribution is 2.51. The van der Waals surface area contributed by atoms with Crippen molar-refractivity contribution in [3.8, 4) is 11.8 Å². The molecule has 2 aromatic carbocycles. The Hall–Kier alpha value is -3.96.